The third kappa shape index (κ3) is 11.0. The van der Waals surface area contributed by atoms with E-state index >= 15 is 0 Å². The number of aromatic hydroxyl groups is 1. The number of carboxylic acid groups (broad SMARTS) is 1. The molecule has 64 heavy (non-hydrogen) atoms. The van der Waals surface area contributed by atoms with E-state index in [1.807, 2.05) is 0 Å². The van der Waals surface area contributed by atoms with Gasteiger partial charge in [0.15, 0.2) is 5.43 Å². The number of rotatable bonds is 18. The molecule has 1 aliphatic carbocycles. The summed E-state index contributed by atoms with van der Waals surface area (Å²) in [4.78, 5) is 50.8. The molecule has 4 aromatic carbocycles. The van der Waals surface area contributed by atoms with Crippen LogP contribution in [-0.4, -0.2) is 65.1 Å². The highest BCUT2D eigenvalue weighted by Crippen LogP contribution is 2.50. The molecule has 5 N–H and O–H groups in total. The average molecular weight is 910 g/mol. The maximum Gasteiger partial charge on any atom is 0.430 e. The number of unbranched alkanes of at least 4 members (excludes halogenated alkanes) is 2. The second-order valence-corrected chi connectivity index (χ2v) is 15.9. The third-order valence-electron chi connectivity index (χ3n) is 10.2. The highest BCUT2D eigenvalue weighted by Gasteiger charge is 2.71. The summed E-state index contributed by atoms with van der Waals surface area (Å²) in [5, 5.41) is 36.2. The van der Waals surface area contributed by atoms with Crippen LogP contribution < -0.4 is 20.4 Å². The van der Waals surface area contributed by atoms with Crippen LogP contribution in [0, 0.1) is 0 Å². The van der Waals surface area contributed by atoms with Crippen LogP contribution in [0.4, 0.5) is 32.0 Å². The molecule has 0 aromatic heterocycles. The monoisotopic (exact) mass is 909 g/mol. The first-order valence-electron chi connectivity index (χ1n) is 19.9. The van der Waals surface area contributed by atoms with Gasteiger partial charge in [-0.25, -0.2) is 4.79 Å². The van der Waals surface area contributed by atoms with E-state index in [1.165, 1.54) is 42.3 Å². The minimum absolute atomic E-state index is 0.0791. The maximum absolute atomic E-state index is 13.4. The van der Waals surface area contributed by atoms with Crippen LogP contribution in [0.15, 0.2) is 123 Å². The van der Waals surface area contributed by atoms with Crippen LogP contribution in [0.25, 0.3) is 33.4 Å². The van der Waals surface area contributed by atoms with E-state index in [-0.39, 0.29) is 71.5 Å². The number of nitrogens with one attached hydrogen (secondary N) is 2. The number of aromatic carboxylic acids is 1. The molecule has 11 nitrogen and oxygen atoms in total. The summed E-state index contributed by atoms with van der Waals surface area (Å²) in [6, 6.07) is 25.4. The van der Waals surface area contributed by atoms with Crippen molar-refractivity contribution in [2.45, 2.75) is 61.4 Å². The Morgan fingerprint density at radius 2 is 1.39 bits per heavy atom. The number of alkyl halides is 6. The Morgan fingerprint density at radius 3 is 2.08 bits per heavy atom. The minimum atomic E-state index is -6.01. The maximum atomic E-state index is 13.4. The van der Waals surface area contributed by atoms with Crippen molar-refractivity contribution >= 4 is 46.4 Å². The molecule has 0 spiro atoms. The molecule has 2 aliphatic rings. The fourth-order valence-corrected chi connectivity index (χ4v) is 8.02. The van der Waals surface area contributed by atoms with Crippen LogP contribution in [-0.2, 0) is 21.6 Å². The van der Waals surface area contributed by atoms with Gasteiger partial charge in [-0.2, -0.15) is 26.3 Å². The molecule has 0 fully saturated rings. The van der Waals surface area contributed by atoms with Crippen molar-refractivity contribution in [2.75, 3.05) is 23.9 Å². The lowest BCUT2D eigenvalue weighted by atomic mass is 9.89. The number of hydrogen-bond acceptors (Lipinski definition) is 9. The summed E-state index contributed by atoms with van der Waals surface area (Å²) < 4.78 is 88.1. The third-order valence-corrected chi connectivity index (χ3v) is 11.3. The Balaban J connectivity index is 0.963. The highest BCUT2D eigenvalue weighted by molar-refractivity contribution is 8.00. The number of phenols is 1. The molecule has 0 radical (unpaired) electrons. The van der Waals surface area contributed by atoms with Crippen molar-refractivity contribution < 1.29 is 60.5 Å². The Kier molecular flexibility index (Phi) is 14.6. The van der Waals surface area contributed by atoms with E-state index in [1.54, 1.807) is 58.9 Å². The second kappa shape index (κ2) is 19.9. The molecule has 0 bridgehead atoms. The fourth-order valence-electron chi connectivity index (χ4n) is 7.04. The largest absolute Gasteiger partial charge is 0.508 e. The number of amides is 2. The number of aliphatic hydroxyl groups is 1. The van der Waals surface area contributed by atoms with Gasteiger partial charge in [0.25, 0.3) is 5.60 Å². The van der Waals surface area contributed by atoms with E-state index in [0.29, 0.717) is 72.0 Å². The number of carboxylic acids is 1. The average Bonchev–Trinajstić information content (AvgIpc) is 3.24. The quantitative estimate of drug-likeness (QED) is 0.0243. The normalized spacial score (nSPS) is 12.0. The first-order valence-corrected chi connectivity index (χ1v) is 20.7. The summed E-state index contributed by atoms with van der Waals surface area (Å²) in [5.74, 6) is -1.68. The van der Waals surface area contributed by atoms with E-state index < -0.39 is 29.5 Å². The SMILES string of the molecule is O=C(CCCCCNC(=O)Cc1ccc(-c2c3ccc(=O)cc-3oc3cc(O)ccc23)c(C(=O)O)c1)NCCCN(Sc1ccccc1)c1ccc(C(O)(C(F)(F)F)C(F)(F)F)cc1. The van der Waals surface area contributed by atoms with Crippen molar-refractivity contribution in [3.05, 3.63) is 136 Å². The number of nitrogens with zero attached hydrogens (tertiary/aromatic N) is 1. The van der Waals surface area contributed by atoms with Gasteiger partial charge in [-0.05, 0) is 96.9 Å². The molecule has 1 aliphatic heterocycles. The molecular weight excluding hydrogens is 869 g/mol. The number of halogens is 6. The van der Waals surface area contributed by atoms with Crippen molar-refractivity contribution in [3.8, 4) is 28.2 Å². The molecule has 336 valence electrons. The van der Waals surface area contributed by atoms with Gasteiger partial charge < -0.3 is 34.7 Å². The van der Waals surface area contributed by atoms with Gasteiger partial charge in [0, 0.05) is 70.8 Å². The highest BCUT2D eigenvalue weighted by atomic mass is 32.2. The Hall–Kier alpha value is -6.53. The molecule has 1 heterocycles. The predicted molar refractivity (Wildman–Crippen MR) is 228 cm³/mol. The molecule has 18 heteroatoms. The first kappa shape index (κ1) is 47.0. The molecule has 2 amide bonds. The van der Waals surface area contributed by atoms with Crippen molar-refractivity contribution in [3.63, 3.8) is 0 Å². The molecule has 6 rings (SSSR count). The van der Waals surface area contributed by atoms with Gasteiger partial charge in [-0.1, -0.05) is 48.9 Å². The number of anilines is 1. The van der Waals surface area contributed by atoms with Crippen LogP contribution in [0.2, 0.25) is 0 Å². The van der Waals surface area contributed by atoms with Crippen LogP contribution in [0.5, 0.6) is 5.75 Å². The number of carbonyl (C=O) groups excluding carboxylic acids is 2. The van der Waals surface area contributed by atoms with E-state index in [9.17, 15) is 60.8 Å². The van der Waals surface area contributed by atoms with Crippen LogP contribution in [0.1, 0.15) is 53.6 Å². The molecule has 0 saturated heterocycles. The zero-order chi connectivity index (χ0) is 46.2. The van der Waals surface area contributed by atoms with Crippen molar-refractivity contribution in [2.24, 2.45) is 0 Å². The lowest BCUT2D eigenvalue weighted by molar-refractivity contribution is -0.376. The summed E-state index contributed by atoms with van der Waals surface area (Å²) in [6.07, 6.45) is -9.87. The number of hydrogen-bond donors (Lipinski definition) is 5. The van der Waals surface area contributed by atoms with Gasteiger partial charge >= 0.3 is 18.3 Å². The molecule has 0 unspecified atom stereocenters. The summed E-state index contributed by atoms with van der Waals surface area (Å²) >= 11 is 1.19. The summed E-state index contributed by atoms with van der Waals surface area (Å²) in [5.41, 5.74) is -4.55. The number of fused-ring (bicyclic) bond motifs is 2. The molecular formula is C46H41F6N3O8S. The molecule has 0 saturated carbocycles. The lowest BCUT2D eigenvalue weighted by Gasteiger charge is -2.33. The standard InChI is InChI=1S/C46H41F6N3O8S/c47-45(48,49)44(62,46(50,51)52)29-12-14-30(15-13-29)55(64-33-8-3-1-4-9-33)23-7-22-53-40(58)10-5-2-6-21-54-41(59)25-28-11-18-34(37(24-28)43(60)61)42-35-19-16-31(56)26-38(35)63-39-27-32(57)17-20-36(39)42/h1,3-4,8-9,11-20,24,26-27,56,62H,2,5-7,10,21-23,25H2,(H,53,58)(H,54,59)(H,60,61). The summed E-state index contributed by atoms with van der Waals surface area (Å²) in [6.45, 7) is 0.788. The number of benzene rings is 5. The van der Waals surface area contributed by atoms with Gasteiger partial charge in [0.05, 0.1) is 12.0 Å². The minimum Gasteiger partial charge on any atom is -0.508 e. The lowest BCUT2D eigenvalue weighted by Crippen LogP contribution is -2.53. The van der Waals surface area contributed by atoms with Gasteiger partial charge in [-0.3, -0.25) is 14.4 Å². The van der Waals surface area contributed by atoms with Crippen LogP contribution >= 0.6 is 11.9 Å². The second-order valence-electron chi connectivity index (χ2n) is 14.8. The smallest absolute Gasteiger partial charge is 0.430 e. The Bertz CT molecular complexity index is 2620. The number of carbonyl (C=O) groups is 3. The van der Waals surface area contributed by atoms with Gasteiger partial charge in [-0.15, -0.1) is 0 Å². The molecule has 0 atom stereocenters. The molecule has 4 aromatic rings. The predicted octanol–water partition coefficient (Wildman–Crippen LogP) is 9.22. The van der Waals surface area contributed by atoms with E-state index in [0.717, 1.165) is 17.0 Å². The zero-order valence-corrected chi connectivity index (χ0v) is 34.6. The van der Waals surface area contributed by atoms with E-state index in [4.69, 9.17) is 4.42 Å². The van der Waals surface area contributed by atoms with Crippen molar-refractivity contribution in [1.29, 1.82) is 0 Å². The zero-order valence-electron chi connectivity index (χ0n) is 33.8. The Labute approximate surface area is 366 Å². The van der Waals surface area contributed by atoms with Crippen molar-refractivity contribution in [1.82, 2.24) is 10.6 Å². The summed E-state index contributed by atoms with van der Waals surface area (Å²) in [7, 11) is 0. The van der Waals surface area contributed by atoms with E-state index in [2.05, 4.69) is 10.6 Å². The van der Waals surface area contributed by atoms with Crippen LogP contribution in [0.3, 0.4) is 0 Å². The Morgan fingerprint density at radius 1 is 0.719 bits per heavy atom. The van der Waals surface area contributed by atoms with Gasteiger partial charge in [0.1, 0.15) is 17.1 Å². The number of phenolic OH excluding ortho intramolecular Hbond substituents is 1. The first-order chi connectivity index (χ1) is 30.4. The fraction of sp³-hybridized carbons (Fsp3) is 0.261. The van der Waals surface area contributed by atoms with Gasteiger partial charge in [0.2, 0.25) is 11.8 Å². The topological polar surface area (TPSA) is 169 Å².